The molecule has 1 saturated heterocycles. The second-order valence-corrected chi connectivity index (χ2v) is 9.58. The average molecular weight is 461 g/mol. The molecule has 0 atom stereocenters. The fraction of sp³-hybridized carbons (Fsp3) is 0.478. The van der Waals surface area contributed by atoms with Gasteiger partial charge < -0.3 is 20.0 Å². The molecule has 0 aliphatic carbocycles. The van der Waals surface area contributed by atoms with Gasteiger partial charge in [-0.15, -0.1) is 0 Å². The van der Waals surface area contributed by atoms with E-state index in [1.165, 1.54) is 0 Å². The van der Waals surface area contributed by atoms with E-state index >= 15 is 0 Å². The molecule has 0 bridgehead atoms. The number of fused-ring (bicyclic) bond motifs is 1. The Labute approximate surface area is 194 Å². The highest BCUT2D eigenvalue weighted by atomic mass is 35.5. The van der Waals surface area contributed by atoms with Gasteiger partial charge >= 0.3 is 0 Å². The molecular weight excluding hydrogens is 431 g/mol. The summed E-state index contributed by atoms with van der Waals surface area (Å²) >= 11 is 12.5. The van der Waals surface area contributed by atoms with Gasteiger partial charge in [0, 0.05) is 37.3 Å². The van der Waals surface area contributed by atoms with Crippen molar-refractivity contribution < 1.29 is 0 Å². The largest absolute Gasteiger partial charge is 0.370 e. The van der Waals surface area contributed by atoms with Crippen LogP contribution in [0.25, 0.3) is 0 Å². The van der Waals surface area contributed by atoms with Crippen LogP contribution in [0.1, 0.15) is 18.4 Å². The average Bonchev–Trinajstić information content (AvgIpc) is 2.73. The normalized spacial score (nSPS) is 19.7. The molecule has 2 aliphatic heterocycles. The van der Waals surface area contributed by atoms with Crippen molar-refractivity contribution in [3.8, 4) is 0 Å². The standard InChI is InChI=1S/C23H30Cl2N6/c1-29(2)11-12-31-20-14-21(25)26-16-19(20)28-23(7-9-30(3)10-8-23)22(31)27-15-17-5-4-6-18(24)13-17/h4-6,13-14,16,28H,7-12,15H2,1-3H3. The van der Waals surface area contributed by atoms with Crippen LogP contribution in [0.15, 0.2) is 41.5 Å². The number of pyridine rings is 1. The molecule has 1 spiro atoms. The molecule has 2 aliphatic rings. The zero-order valence-electron chi connectivity index (χ0n) is 18.4. The Bertz CT molecular complexity index is 953. The van der Waals surface area contributed by atoms with E-state index in [1.807, 2.05) is 30.5 Å². The van der Waals surface area contributed by atoms with Crippen LogP contribution in [0, 0.1) is 0 Å². The zero-order chi connectivity index (χ0) is 22.0. The van der Waals surface area contributed by atoms with Crippen LogP contribution in [0.3, 0.4) is 0 Å². The number of anilines is 2. The first-order valence-corrected chi connectivity index (χ1v) is 11.5. The topological polar surface area (TPSA) is 47.0 Å². The van der Waals surface area contributed by atoms with Crippen molar-refractivity contribution in [3.63, 3.8) is 0 Å². The highest BCUT2D eigenvalue weighted by Crippen LogP contribution is 2.41. The minimum absolute atomic E-state index is 0.222. The summed E-state index contributed by atoms with van der Waals surface area (Å²) in [7, 11) is 6.37. The quantitative estimate of drug-likeness (QED) is 0.675. The maximum absolute atomic E-state index is 6.30. The lowest BCUT2D eigenvalue weighted by molar-refractivity contribution is 0.238. The van der Waals surface area contributed by atoms with Gasteiger partial charge in [-0.25, -0.2) is 4.98 Å². The van der Waals surface area contributed by atoms with Gasteiger partial charge in [0.25, 0.3) is 0 Å². The summed E-state index contributed by atoms with van der Waals surface area (Å²) in [5, 5.41) is 5.04. The molecule has 6 nitrogen and oxygen atoms in total. The van der Waals surface area contributed by atoms with E-state index in [9.17, 15) is 0 Å². The fourth-order valence-corrected chi connectivity index (χ4v) is 4.70. The van der Waals surface area contributed by atoms with E-state index in [4.69, 9.17) is 28.2 Å². The maximum atomic E-state index is 6.30. The van der Waals surface area contributed by atoms with Gasteiger partial charge in [-0.3, -0.25) is 4.99 Å². The summed E-state index contributed by atoms with van der Waals surface area (Å²) in [5.74, 6) is 1.08. The first kappa shape index (κ1) is 22.3. The van der Waals surface area contributed by atoms with Gasteiger partial charge in [0.05, 0.1) is 29.7 Å². The lowest BCUT2D eigenvalue weighted by Gasteiger charge is -2.50. The molecule has 1 fully saturated rings. The number of rotatable bonds is 5. The molecule has 3 heterocycles. The molecule has 2 aromatic rings. The van der Waals surface area contributed by atoms with E-state index < -0.39 is 0 Å². The molecule has 31 heavy (non-hydrogen) atoms. The number of nitrogens with one attached hydrogen (secondary N) is 1. The number of aromatic nitrogens is 1. The first-order chi connectivity index (χ1) is 14.9. The maximum Gasteiger partial charge on any atom is 0.131 e. The van der Waals surface area contributed by atoms with Crippen molar-refractivity contribution in [1.29, 1.82) is 0 Å². The van der Waals surface area contributed by atoms with E-state index in [0.29, 0.717) is 11.7 Å². The van der Waals surface area contributed by atoms with Crippen LogP contribution < -0.4 is 10.2 Å². The number of hydrogen-bond acceptors (Lipinski definition) is 5. The van der Waals surface area contributed by atoms with E-state index in [0.717, 1.165) is 66.8 Å². The Morgan fingerprint density at radius 1 is 1.19 bits per heavy atom. The smallest absolute Gasteiger partial charge is 0.131 e. The van der Waals surface area contributed by atoms with Crippen molar-refractivity contribution >= 4 is 40.4 Å². The number of amidine groups is 1. The van der Waals surface area contributed by atoms with Crippen LogP contribution in [-0.2, 0) is 6.54 Å². The SMILES string of the molecule is CN(C)CCN1C(=NCc2cccc(Cl)c2)C2(CCN(C)CC2)Nc2cnc(Cl)cc21. The molecule has 0 saturated carbocycles. The fourth-order valence-electron chi connectivity index (χ4n) is 4.34. The summed E-state index contributed by atoms with van der Waals surface area (Å²) in [4.78, 5) is 16.5. The van der Waals surface area contributed by atoms with Gasteiger partial charge in [0.15, 0.2) is 0 Å². The predicted octanol–water partition coefficient (Wildman–Crippen LogP) is 4.25. The second kappa shape index (κ2) is 9.33. The Balaban J connectivity index is 1.78. The van der Waals surface area contributed by atoms with Crippen molar-refractivity contribution in [2.45, 2.75) is 24.9 Å². The minimum atomic E-state index is -0.222. The highest BCUT2D eigenvalue weighted by molar-refractivity contribution is 6.30. The Kier molecular flexibility index (Phi) is 6.72. The summed E-state index contributed by atoms with van der Waals surface area (Å²) in [6.07, 6.45) is 3.82. The van der Waals surface area contributed by atoms with Gasteiger partial charge in [0.2, 0.25) is 0 Å². The number of halogens is 2. The predicted molar refractivity (Wildman–Crippen MR) is 131 cm³/mol. The third kappa shape index (κ3) is 4.98. The zero-order valence-corrected chi connectivity index (χ0v) is 19.9. The molecule has 0 amide bonds. The third-order valence-electron chi connectivity index (χ3n) is 6.11. The van der Waals surface area contributed by atoms with E-state index in [2.05, 4.69) is 52.2 Å². The van der Waals surface area contributed by atoms with Crippen LogP contribution in [0.5, 0.6) is 0 Å². The molecule has 0 unspecified atom stereocenters. The summed E-state index contributed by atoms with van der Waals surface area (Å²) < 4.78 is 0. The van der Waals surface area contributed by atoms with Crippen molar-refractivity contribution in [2.24, 2.45) is 4.99 Å². The molecule has 4 rings (SSSR count). The summed E-state index contributed by atoms with van der Waals surface area (Å²) in [6.45, 7) is 4.35. The summed E-state index contributed by atoms with van der Waals surface area (Å²) in [5.41, 5.74) is 2.94. The Morgan fingerprint density at radius 2 is 1.97 bits per heavy atom. The number of piperidine rings is 1. The van der Waals surface area contributed by atoms with Gasteiger partial charge in [-0.05, 0) is 51.7 Å². The first-order valence-electron chi connectivity index (χ1n) is 10.7. The molecule has 1 N–H and O–H groups in total. The molecule has 1 aromatic carbocycles. The van der Waals surface area contributed by atoms with E-state index in [1.54, 1.807) is 0 Å². The van der Waals surface area contributed by atoms with Crippen LogP contribution in [0.2, 0.25) is 10.2 Å². The Morgan fingerprint density at radius 3 is 2.68 bits per heavy atom. The molecular formula is C23H30Cl2N6. The van der Waals surface area contributed by atoms with Crippen LogP contribution in [0.4, 0.5) is 11.4 Å². The molecule has 1 aromatic heterocycles. The molecule has 8 heteroatoms. The minimum Gasteiger partial charge on any atom is -0.370 e. The molecule has 0 radical (unpaired) electrons. The highest BCUT2D eigenvalue weighted by Gasteiger charge is 2.45. The number of hydrogen-bond donors (Lipinski definition) is 1. The monoisotopic (exact) mass is 460 g/mol. The van der Waals surface area contributed by atoms with E-state index in [-0.39, 0.29) is 5.54 Å². The van der Waals surface area contributed by atoms with Crippen molar-refractivity contribution in [3.05, 3.63) is 52.3 Å². The lowest BCUT2D eigenvalue weighted by atomic mass is 9.83. The number of nitrogens with zero attached hydrogens (tertiary/aromatic N) is 5. The van der Waals surface area contributed by atoms with Crippen molar-refractivity contribution in [2.75, 3.05) is 57.5 Å². The Hall–Kier alpha value is -1.86. The number of benzene rings is 1. The number of likely N-dealkylation sites (tertiary alicyclic amines) is 1. The van der Waals surface area contributed by atoms with Crippen LogP contribution in [-0.4, -0.2) is 73.5 Å². The molecule has 166 valence electrons. The summed E-state index contributed by atoms with van der Waals surface area (Å²) in [6, 6.07) is 9.88. The van der Waals surface area contributed by atoms with Crippen LogP contribution >= 0.6 is 23.2 Å². The number of likely N-dealkylation sites (N-methyl/N-ethyl adjacent to an activating group) is 1. The lowest BCUT2D eigenvalue weighted by Crippen LogP contribution is -2.62. The van der Waals surface area contributed by atoms with Gasteiger partial charge in [-0.2, -0.15) is 0 Å². The van der Waals surface area contributed by atoms with Gasteiger partial charge in [-0.1, -0.05) is 35.3 Å². The third-order valence-corrected chi connectivity index (χ3v) is 6.55. The van der Waals surface area contributed by atoms with Gasteiger partial charge in [0.1, 0.15) is 11.0 Å². The van der Waals surface area contributed by atoms with Crippen molar-refractivity contribution in [1.82, 2.24) is 14.8 Å². The second-order valence-electron chi connectivity index (χ2n) is 8.76. The number of aliphatic imine (C=N–C) groups is 1.